The first-order valence-electron chi connectivity index (χ1n) is 9.45. The molecule has 0 radical (unpaired) electrons. The molecule has 0 saturated carbocycles. The minimum Gasteiger partial charge on any atom is -0.347 e. The quantitative estimate of drug-likeness (QED) is 0.908. The van der Waals surface area contributed by atoms with Gasteiger partial charge in [0.2, 0.25) is 0 Å². The Labute approximate surface area is 150 Å². The molecule has 3 rings (SSSR count). The highest BCUT2D eigenvalue weighted by molar-refractivity contribution is 5.75. The highest BCUT2D eigenvalue weighted by atomic mass is 16.7. The van der Waals surface area contributed by atoms with Crippen LogP contribution in [0.2, 0.25) is 0 Å². The van der Waals surface area contributed by atoms with Crippen molar-refractivity contribution in [1.29, 1.82) is 0 Å². The van der Waals surface area contributed by atoms with Gasteiger partial charge >= 0.3 is 6.03 Å². The number of hydrogen-bond acceptors (Lipinski definition) is 3. The minimum atomic E-state index is -0.440. The summed E-state index contributed by atoms with van der Waals surface area (Å²) in [4.78, 5) is 14.6. The van der Waals surface area contributed by atoms with Crippen LogP contribution in [0.15, 0.2) is 24.3 Å². The molecule has 2 aliphatic heterocycles. The number of ether oxygens (including phenoxy) is 2. The largest absolute Gasteiger partial charge is 0.347 e. The molecule has 2 saturated heterocycles. The second kappa shape index (κ2) is 7.75. The summed E-state index contributed by atoms with van der Waals surface area (Å²) in [7, 11) is 0. The lowest BCUT2D eigenvalue weighted by Gasteiger charge is -2.38. The van der Waals surface area contributed by atoms with Crippen molar-refractivity contribution in [1.82, 2.24) is 10.2 Å². The lowest BCUT2D eigenvalue weighted by Crippen LogP contribution is -2.51. The van der Waals surface area contributed by atoms with Gasteiger partial charge in [-0.25, -0.2) is 4.79 Å². The highest BCUT2D eigenvalue weighted by Gasteiger charge is 2.41. The van der Waals surface area contributed by atoms with Gasteiger partial charge in [0.15, 0.2) is 5.79 Å². The first-order valence-corrected chi connectivity index (χ1v) is 9.45. The van der Waals surface area contributed by atoms with Gasteiger partial charge in [0.25, 0.3) is 0 Å². The Morgan fingerprint density at radius 1 is 1.16 bits per heavy atom. The van der Waals surface area contributed by atoms with Gasteiger partial charge in [-0.05, 0) is 23.5 Å². The second-order valence-electron chi connectivity index (χ2n) is 7.36. The molecule has 1 atom stereocenters. The molecule has 2 fully saturated rings. The lowest BCUT2D eigenvalue weighted by atomic mass is 9.95. The molecule has 1 spiro atoms. The molecule has 1 aromatic carbocycles. The van der Waals surface area contributed by atoms with Gasteiger partial charge in [-0.2, -0.15) is 0 Å². The molecule has 0 bridgehead atoms. The van der Waals surface area contributed by atoms with Crippen LogP contribution in [-0.2, 0) is 15.9 Å². The normalized spacial score (nSPS) is 20.9. The monoisotopic (exact) mass is 346 g/mol. The van der Waals surface area contributed by atoms with E-state index in [1.165, 1.54) is 5.56 Å². The smallest absolute Gasteiger partial charge is 0.317 e. The summed E-state index contributed by atoms with van der Waals surface area (Å²) >= 11 is 0. The molecular formula is C20H30N2O3. The zero-order chi connectivity index (χ0) is 17.9. The summed E-state index contributed by atoms with van der Waals surface area (Å²) < 4.78 is 11.5. The fourth-order valence-electron chi connectivity index (χ4n) is 3.66. The number of nitrogens with zero attached hydrogens (tertiary/aromatic N) is 1. The summed E-state index contributed by atoms with van der Waals surface area (Å²) in [6.07, 6.45) is 2.52. The van der Waals surface area contributed by atoms with Crippen molar-refractivity contribution in [2.45, 2.75) is 51.9 Å². The third kappa shape index (κ3) is 4.15. The first-order chi connectivity index (χ1) is 12.0. The molecule has 5 nitrogen and oxygen atoms in total. The van der Waals surface area contributed by atoms with Gasteiger partial charge in [-0.3, -0.25) is 0 Å². The topological polar surface area (TPSA) is 50.8 Å². The van der Waals surface area contributed by atoms with Crippen molar-refractivity contribution in [2.75, 3.05) is 26.3 Å². The molecule has 2 heterocycles. The maximum atomic E-state index is 12.7. The zero-order valence-electron chi connectivity index (χ0n) is 15.6. The van der Waals surface area contributed by atoms with E-state index in [1.807, 2.05) is 4.90 Å². The molecule has 1 aromatic rings. The van der Waals surface area contributed by atoms with E-state index >= 15 is 0 Å². The maximum Gasteiger partial charge on any atom is 0.317 e. The van der Waals surface area contributed by atoms with Crippen molar-refractivity contribution >= 4 is 6.03 Å². The third-order valence-corrected chi connectivity index (χ3v) is 5.32. The van der Waals surface area contributed by atoms with Crippen molar-refractivity contribution < 1.29 is 14.3 Å². The number of hydrogen-bond donors (Lipinski definition) is 1. The maximum absolute atomic E-state index is 12.7. The van der Waals surface area contributed by atoms with Crippen molar-refractivity contribution in [3.63, 3.8) is 0 Å². The average molecular weight is 346 g/mol. The Morgan fingerprint density at radius 3 is 2.28 bits per heavy atom. The number of carbonyl (C=O) groups is 1. The van der Waals surface area contributed by atoms with Crippen molar-refractivity contribution in [2.24, 2.45) is 5.92 Å². The molecule has 1 N–H and O–H groups in total. The Kier molecular flexibility index (Phi) is 5.64. The number of piperidine rings is 1. The van der Waals surface area contributed by atoms with E-state index in [0.29, 0.717) is 32.2 Å². The molecule has 0 aliphatic carbocycles. The van der Waals surface area contributed by atoms with E-state index in [9.17, 15) is 4.79 Å². The highest BCUT2D eigenvalue weighted by Crippen LogP contribution is 2.31. The summed E-state index contributed by atoms with van der Waals surface area (Å²) in [6, 6.07) is 8.59. The minimum absolute atomic E-state index is 0.00566. The van der Waals surface area contributed by atoms with Gasteiger partial charge in [0.05, 0.1) is 19.3 Å². The zero-order valence-corrected chi connectivity index (χ0v) is 15.6. The molecule has 2 aliphatic rings. The Balaban J connectivity index is 1.61. The second-order valence-corrected chi connectivity index (χ2v) is 7.36. The van der Waals surface area contributed by atoms with Crippen LogP contribution in [0, 0.1) is 5.92 Å². The number of likely N-dealkylation sites (tertiary alicyclic amines) is 1. The van der Waals surface area contributed by atoms with Gasteiger partial charge in [0, 0.05) is 25.9 Å². The summed E-state index contributed by atoms with van der Waals surface area (Å²) in [5, 5.41) is 3.22. The van der Waals surface area contributed by atoms with Gasteiger partial charge < -0.3 is 19.7 Å². The Bertz CT molecular complexity index is 569. The van der Waals surface area contributed by atoms with Crippen LogP contribution in [0.3, 0.4) is 0 Å². The predicted molar refractivity (Wildman–Crippen MR) is 97.4 cm³/mol. The van der Waals surface area contributed by atoms with Gasteiger partial charge in [-0.1, -0.05) is 45.0 Å². The number of rotatable bonds is 4. The molecule has 5 heteroatoms. The number of urea groups is 1. The lowest BCUT2D eigenvalue weighted by molar-refractivity contribution is -0.181. The van der Waals surface area contributed by atoms with E-state index in [0.717, 1.165) is 24.8 Å². The van der Waals surface area contributed by atoms with E-state index in [2.05, 4.69) is 50.4 Å². The Hall–Kier alpha value is -1.59. The summed E-state index contributed by atoms with van der Waals surface area (Å²) in [5.41, 5.74) is 2.48. The summed E-state index contributed by atoms with van der Waals surface area (Å²) in [6.45, 7) is 9.10. The molecular weight excluding hydrogens is 316 g/mol. The van der Waals surface area contributed by atoms with Crippen LogP contribution in [0.25, 0.3) is 0 Å². The van der Waals surface area contributed by atoms with Crippen LogP contribution >= 0.6 is 0 Å². The van der Waals surface area contributed by atoms with Crippen LogP contribution in [0.4, 0.5) is 4.79 Å². The van der Waals surface area contributed by atoms with Crippen LogP contribution in [-0.4, -0.2) is 43.0 Å². The van der Waals surface area contributed by atoms with Crippen molar-refractivity contribution in [3.05, 3.63) is 35.4 Å². The molecule has 2 amide bonds. The number of amides is 2. The van der Waals surface area contributed by atoms with E-state index in [1.54, 1.807) is 0 Å². The molecule has 138 valence electrons. The van der Waals surface area contributed by atoms with Crippen molar-refractivity contribution in [3.8, 4) is 0 Å². The van der Waals surface area contributed by atoms with E-state index in [-0.39, 0.29) is 12.1 Å². The first kappa shape index (κ1) is 18.2. The molecule has 1 unspecified atom stereocenters. The SMILES string of the molecule is CCc1ccc(C(NC(=O)N2CCC3(CC2)OCCO3)C(C)C)cc1. The third-order valence-electron chi connectivity index (χ3n) is 5.32. The van der Waals surface area contributed by atoms with Crippen LogP contribution in [0.5, 0.6) is 0 Å². The van der Waals surface area contributed by atoms with E-state index in [4.69, 9.17) is 9.47 Å². The average Bonchev–Trinajstić information content (AvgIpc) is 3.08. The Morgan fingerprint density at radius 2 is 1.76 bits per heavy atom. The fraction of sp³-hybridized carbons (Fsp3) is 0.650. The van der Waals surface area contributed by atoms with Gasteiger partial charge in [-0.15, -0.1) is 0 Å². The predicted octanol–water partition coefficient (Wildman–Crippen LogP) is 3.49. The van der Waals surface area contributed by atoms with Crippen LogP contribution in [0.1, 0.15) is 50.8 Å². The fourth-order valence-corrected chi connectivity index (χ4v) is 3.66. The number of carbonyl (C=O) groups excluding carboxylic acids is 1. The van der Waals surface area contributed by atoms with Gasteiger partial charge in [0.1, 0.15) is 0 Å². The number of benzene rings is 1. The van der Waals surface area contributed by atoms with Crippen LogP contribution < -0.4 is 5.32 Å². The number of aryl methyl sites for hydroxylation is 1. The number of nitrogens with one attached hydrogen (secondary N) is 1. The molecule has 25 heavy (non-hydrogen) atoms. The van der Waals surface area contributed by atoms with E-state index < -0.39 is 5.79 Å². The standard InChI is InChI=1S/C20H30N2O3/c1-4-16-5-7-17(8-6-16)18(15(2)3)21-19(23)22-11-9-20(10-12-22)24-13-14-25-20/h5-8,15,18H,4,9-14H2,1-3H3,(H,21,23). The summed E-state index contributed by atoms with van der Waals surface area (Å²) in [5.74, 6) is -0.112. The molecule has 0 aromatic heterocycles.